The molecule has 4 nitrogen and oxygen atoms in total. The Hall–Kier alpha value is -2.62. The normalized spacial score (nSPS) is 10.1. The molecule has 2 rings (SSSR count). The van der Waals surface area contributed by atoms with Crippen LogP contribution < -0.4 is 4.90 Å². The Kier molecular flexibility index (Phi) is 3.84. The van der Waals surface area contributed by atoms with Crippen molar-refractivity contribution in [1.29, 1.82) is 0 Å². The van der Waals surface area contributed by atoms with E-state index in [1.54, 1.807) is 25.2 Å². The third-order valence-corrected chi connectivity index (χ3v) is 3.07. The molecule has 2 aromatic rings. The lowest BCUT2D eigenvalue weighted by atomic mass is 10.1. The van der Waals surface area contributed by atoms with Crippen LogP contribution in [0, 0.1) is 6.92 Å². The molecule has 0 saturated heterocycles. The fourth-order valence-corrected chi connectivity index (χ4v) is 1.92. The lowest BCUT2D eigenvalue weighted by Crippen LogP contribution is -2.26. The standard InChI is InChI=1S/C16H15NO3/c1-11-4-3-5-13(10-11)15(18)17(2)14-8-6-12(7-9-14)16(19)20/h3-10H,1-2H3,(H,19,20). The number of nitrogens with zero attached hydrogens (tertiary/aromatic N) is 1. The van der Waals surface area contributed by atoms with Crippen LogP contribution >= 0.6 is 0 Å². The molecule has 0 radical (unpaired) electrons. The SMILES string of the molecule is Cc1cccc(C(=O)N(C)c2ccc(C(=O)O)cc2)c1. The van der Waals surface area contributed by atoms with Gasteiger partial charge < -0.3 is 10.0 Å². The van der Waals surface area contributed by atoms with Gasteiger partial charge in [-0.05, 0) is 43.3 Å². The molecule has 0 aliphatic rings. The van der Waals surface area contributed by atoms with Crippen molar-refractivity contribution in [2.24, 2.45) is 0 Å². The van der Waals surface area contributed by atoms with Gasteiger partial charge in [-0.15, -0.1) is 0 Å². The summed E-state index contributed by atoms with van der Waals surface area (Å²) < 4.78 is 0. The second-order valence-electron chi connectivity index (χ2n) is 4.59. The average molecular weight is 269 g/mol. The van der Waals surface area contributed by atoms with Crippen LogP contribution in [-0.4, -0.2) is 24.0 Å². The van der Waals surface area contributed by atoms with Crippen LogP contribution in [0.5, 0.6) is 0 Å². The zero-order valence-corrected chi connectivity index (χ0v) is 11.3. The predicted molar refractivity (Wildman–Crippen MR) is 77.3 cm³/mol. The van der Waals surface area contributed by atoms with E-state index in [1.807, 2.05) is 25.1 Å². The van der Waals surface area contributed by atoms with E-state index in [0.717, 1.165) is 5.56 Å². The quantitative estimate of drug-likeness (QED) is 0.932. The molecule has 4 heteroatoms. The van der Waals surface area contributed by atoms with E-state index in [1.165, 1.54) is 17.0 Å². The largest absolute Gasteiger partial charge is 0.478 e. The molecule has 102 valence electrons. The zero-order valence-electron chi connectivity index (χ0n) is 11.3. The fraction of sp³-hybridized carbons (Fsp3) is 0.125. The molecule has 0 atom stereocenters. The second kappa shape index (κ2) is 5.57. The molecule has 0 aromatic heterocycles. The number of amides is 1. The molecule has 0 spiro atoms. The highest BCUT2D eigenvalue weighted by Crippen LogP contribution is 2.17. The third kappa shape index (κ3) is 2.85. The summed E-state index contributed by atoms with van der Waals surface area (Å²) >= 11 is 0. The van der Waals surface area contributed by atoms with Crippen LogP contribution in [-0.2, 0) is 0 Å². The highest BCUT2D eigenvalue weighted by atomic mass is 16.4. The summed E-state index contributed by atoms with van der Waals surface area (Å²) in [4.78, 5) is 24.6. The highest BCUT2D eigenvalue weighted by Gasteiger charge is 2.14. The van der Waals surface area contributed by atoms with Gasteiger partial charge in [0.2, 0.25) is 0 Å². The Labute approximate surface area is 117 Å². The van der Waals surface area contributed by atoms with E-state index in [9.17, 15) is 9.59 Å². The van der Waals surface area contributed by atoms with Gasteiger partial charge in [-0.25, -0.2) is 4.79 Å². The van der Waals surface area contributed by atoms with Crippen LogP contribution in [0.4, 0.5) is 5.69 Å². The van der Waals surface area contributed by atoms with Crippen molar-refractivity contribution >= 4 is 17.6 Å². The van der Waals surface area contributed by atoms with Crippen molar-refractivity contribution in [3.63, 3.8) is 0 Å². The first-order valence-electron chi connectivity index (χ1n) is 6.17. The first-order chi connectivity index (χ1) is 9.49. The topological polar surface area (TPSA) is 57.6 Å². The van der Waals surface area contributed by atoms with E-state index in [2.05, 4.69) is 0 Å². The number of carbonyl (C=O) groups is 2. The summed E-state index contributed by atoms with van der Waals surface area (Å²) in [5, 5.41) is 8.85. The minimum absolute atomic E-state index is 0.128. The first-order valence-corrected chi connectivity index (χ1v) is 6.17. The van der Waals surface area contributed by atoms with Gasteiger partial charge in [-0.2, -0.15) is 0 Å². The summed E-state index contributed by atoms with van der Waals surface area (Å²) in [7, 11) is 1.67. The van der Waals surface area contributed by atoms with Gasteiger partial charge in [0.1, 0.15) is 0 Å². The van der Waals surface area contributed by atoms with E-state index in [-0.39, 0.29) is 11.5 Å². The summed E-state index contributed by atoms with van der Waals surface area (Å²) in [6.45, 7) is 1.93. The van der Waals surface area contributed by atoms with Crippen molar-refractivity contribution in [1.82, 2.24) is 0 Å². The van der Waals surface area contributed by atoms with E-state index < -0.39 is 5.97 Å². The van der Waals surface area contributed by atoms with E-state index in [4.69, 9.17) is 5.11 Å². The number of hydrogen-bond acceptors (Lipinski definition) is 2. The minimum atomic E-state index is -0.982. The molecule has 20 heavy (non-hydrogen) atoms. The maximum absolute atomic E-state index is 12.3. The summed E-state index contributed by atoms with van der Waals surface area (Å²) in [5.74, 6) is -1.11. The molecule has 2 aromatic carbocycles. The number of carboxylic acids is 1. The van der Waals surface area contributed by atoms with E-state index >= 15 is 0 Å². The van der Waals surface area contributed by atoms with Gasteiger partial charge in [0.25, 0.3) is 5.91 Å². The van der Waals surface area contributed by atoms with Gasteiger partial charge in [0.05, 0.1) is 5.56 Å². The summed E-state index contributed by atoms with van der Waals surface area (Å²) in [6, 6.07) is 13.6. The van der Waals surface area contributed by atoms with Crippen molar-refractivity contribution in [2.75, 3.05) is 11.9 Å². The third-order valence-electron chi connectivity index (χ3n) is 3.07. The van der Waals surface area contributed by atoms with Crippen molar-refractivity contribution in [2.45, 2.75) is 6.92 Å². The van der Waals surface area contributed by atoms with Crippen molar-refractivity contribution in [3.8, 4) is 0 Å². The molecule has 0 aliphatic carbocycles. The second-order valence-corrected chi connectivity index (χ2v) is 4.59. The molecule has 1 N–H and O–H groups in total. The first kappa shape index (κ1) is 13.8. The smallest absolute Gasteiger partial charge is 0.335 e. The molecule has 0 fully saturated rings. The van der Waals surface area contributed by atoms with Gasteiger partial charge in [-0.3, -0.25) is 4.79 Å². The van der Waals surface area contributed by atoms with E-state index in [0.29, 0.717) is 11.3 Å². The number of aryl methyl sites for hydroxylation is 1. The predicted octanol–water partition coefficient (Wildman–Crippen LogP) is 2.97. The molecule has 0 bridgehead atoms. The Morgan fingerprint density at radius 1 is 1.00 bits per heavy atom. The van der Waals surface area contributed by atoms with Crippen LogP contribution in [0.3, 0.4) is 0 Å². The molecule has 0 heterocycles. The number of rotatable bonds is 3. The van der Waals surface area contributed by atoms with Gasteiger partial charge >= 0.3 is 5.97 Å². The molecule has 0 aliphatic heterocycles. The van der Waals surface area contributed by atoms with Crippen LogP contribution in [0.25, 0.3) is 0 Å². The zero-order chi connectivity index (χ0) is 14.7. The van der Waals surface area contributed by atoms with Crippen LogP contribution in [0.15, 0.2) is 48.5 Å². The van der Waals surface area contributed by atoms with Crippen LogP contribution in [0.2, 0.25) is 0 Å². The Morgan fingerprint density at radius 3 is 2.20 bits per heavy atom. The lowest BCUT2D eigenvalue weighted by Gasteiger charge is -2.17. The lowest BCUT2D eigenvalue weighted by molar-refractivity contribution is 0.0696. The fourth-order valence-electron chi connectivity index (χ4n) is 1.92. The number of hydrogen-bond donors (Lipinski definition) is 1. The minimum Gasteiger partial charge on any atom is -0.478 e. The summed E-state index contributed by atoms with van der Waals surface area (Å²) in [5.41, 5.74) is 2.48. The monoisotopic (exact) mass is 269 g/mol. The van der Waals surface area contributed by atoms with Gasteiger partial charge in [-0.1, -0.05) is 17.7 Å². The Balaban J connectivity index is 2.24. The van der Waals surface area contributed by atoms with Crippen LogP contribution in [0.1, 0.15) is 26.3 Å². The highest BCUT2D eigenvalue weighted by molar-refractivity contribution is 6.06. The summed E-state index contributed by atoms with van der Waals surface area (Å²) in [6.07, 6.45) is 0. The number of anilines is 1. The average Bonchev–Trinajstić information content (AvgIpc) is 2.46. The van der Waals surface area contributed by atoms with Gasteiger partial charge in [0.15, 0.2) is 0 Å². The Bertz CT molecular complexity index is 647. The van der Waals surface area contributed by atoms with Gasteiger partial charge in [0, 0.05) is 18.3 Å². The van der Waals surface area contributed by atoms with Crippen molar-refractivity contribution in [3.05, 3.63) is 65.2 Å². The number of benzene rings is 2. The Morgan fingerprint density at radius 2 is 1.65 bits per heavy atom. The number of carboxylic acid groups (broad SMARTS) is 1. The number of carbonyl (C=O) groups excluding carboxylic acids is 1. The number of aromatic carboxylic acids is 1. The molecule has 0 unspecified atom stereocenters. The van der Waals surface area contributed by atoms with Crippen molar-refractivity contribution < 1.29 is 14.7 Å². The maximum atomic E-state index is 12.3. The molecular formula is C16H15NO3. The molecule has 1 amide bonds. The maximum Gasteiger partial charge on any atom is 0.335 e. The molecule has 0 saturated carbocycles. The molecular weight excluding hydrogens is 254 g/mol.